The van der Waals surface area contributed by atoms with Crippen LogP contribution in [-0.4, -0.2) is 31.0 Å². The molecular weight excluding hydrogens is 444 g/mol. The molecule has 0 aromatic carbocycles. The number of aliphatic carboxylic acids is 1. The summed E-state index contributed by atoms with van der Waals surface area (Å²) in [6.45, 7) is 0. The van der Waals surface area contributed by atoms with Gasteiger partial charge >= 0.3 is 5.97 Å². The molecular formula is C29H54O4S. The molecule has 1 aliphatic heterocycles. The van der Waals surface area contributed by atoms with Crippen LogP contribution in [-0.2, 0) is 14.6 Å². The monoisotopic (exact) mass is 498 g/mol. The fourth-order valence-electron chi connectivity index (χ4n) is 4.99. The van der Waals surface area contributed by atoms with Gasteiger partial charge in [0.25, 0.3) is 0 Å². The summed E-state index contributed by atoms with van der Waals surface area (Å²) in [7, 11) is -2.70. The first-order valence-electron chi connectivity index (χ1n) is 14.6. The third-order valence-electron chi connectivity index (χ3n) is 7.34. The van der Waals surface area contributed by atoms with Crippen LogP contribution in [0.15, 0.2) is 12.2 Å². The summed E-state index contributed by atoms with van der Waals surface area (Å²) in [5.41, 5.74) is 0. The molecule has 0 unspecified atom stereocenters. The Labute approximate surface area is 211 Å². The molecule has 34 heavy (non-hydrogen) atoms. The summed E-state index contributed by atoms with van der Waals surface area (Å²) in [5.74, 6) is 0.838. The summed E-state index contributed by atoms with van der Waals surface area (Å²) in [4.78, 5) is 10.4. The minimum Gasteiger partial charge on any atom is -0.481 e. The van der Waals surface area contributed by atoms with E-state index in [0.717, 1.165) is 25.7 Å². The Bertz CT molecular complexity index is 598. The van der Waals surface area contributed by atoms with E-state index in [2.05, 4.69) is 12.2 Å². The van der Waals surface area contributed by atoms with Crippen LogP contribution in [0.4, 0.5) is 0 Å². The number of hydrogen-bond acceptors (Lipinski definition) is 3. The molecule has 1 aliphatic rings. The molecule has 1 heterocycles. The van der Waals surface area contributed by atoms with Gasteiger partial charge in [-0.25, -0.2) is 8.42 Å². The van der Waals surface area contributed by atoms with E-state index in [0.29, 0.717) is 23.8 Å². The van der Waals surface area contributed by atoms with Gasteiger partial charge in [-0.05, 0) is 50.9 Å². The lowest BCUT2D eigenvalue weighted by molar-refractivity contribution is -0.137. The van der Waals surface area contributed by atoms with E-state index in [9.17, 15) is 13.2 Å². The quantitative estimate of drug-likeness (QED) is 0.113. The molecule has 0 aromatic heterocycles. The smallest absolute Gasteiger partial charge is 0.303 e. The molecule has 0 atom stereocenters. The van der Waals surface area contributed by atoms with Crippen molar-refractivity contribution in [1.29, 1.82) is 0 Å². The Kier molecular flexibility index (Phi) is 19.7. The SMILES string of the molecule is O=C(O)CCCCCCCCCCCCCC/C=C/CCCCCCCC1CCS(=O)(=O)CC1. The fraction of sp³-hybridized carbons (Fsp3) is 0.897. The highest BCUT2D eigenvalue weighted by atomic mass is 32.2. The number of allylic oxidation sites excluding steroid dienone is 2. The van der Waals surface area contributed by atoms with Crippen molar-refractivity contribution in [3.8, 4) is 0 Å². The Balaban J connectivity index is 1.71. The molecule has 1 fully saturated rings. The van der Waals surface area contributed by atoms with Crippen molar-refractivity contribution < 1.29 is 18.3 Å². The minimum absolute atomic E-state index is 0.330. The Hall–Kier alpha value is -0.840. The topological polar surface area (TPSA) is 71.4 Å². The molecule has 0 spiro atoms. The van der Waals surface area contributed by atoms with Gasteiger partial charge in [-0.15, -0.1) is 0 Å². The van der Waals surface area contributed by atoms with Gasteiger partial charge in [0.05, 0.1) is 11.5 Å². The highest BCUT2D eigenvalue weighted by Gasteiger charge is 2.22. The number of carbonyl (C=O) groups is 1. The molecule has 1 N–H and O–H groups in total. The number of carboxylic acid groups (broad SMARTS) is 1. The van der Waals surface area contributed by atoms with Crippen molar-refractivity contribution in [1.82, 2.24) is 0 Å². The zero-order chi connectivity index (χ0) is 24.7. The normalized spacial score (nSPS) is 16.4. The van der Waals surface area contributed by atoms with Crippen LogP contribution >= 0.6 is 0 Å². The molecule has 4 nitrogen and oxygen atoms in total. The number of sulfone groups is 1. The summed E-state index contributed by atoms with van der Waals surface area (Å²) in [5, 5.41) is 8.60. The molecule has 5 heteroatoms. The predicted octanol–water partition coefficient (Wildman–Crippen LogP) is 8.64. The maximum Gasteiger partial charge on any atom is 0.303 e. The van der Waals surface area contributed by atoms with E-state index in [1.165, 1.54) is 116 Å². The summed E-state index contributed by atoms with van der Waals surface area (Å²) < 4.78 is 22.9. The van der Waals surface area contributed by atoms with E-state index >= 15 is 0 Å². The number of carboxylic acids is 1. The zero-order valence-corrected chi connectivity index (χ0v) is 22.8. The lowest BCUT2D eigenvalue weighted by Gasteiger charge is -2.21. The highest BCUT2D eigenvalue weighted by Crippen LogP contribution is 2.24. The van der Waals surface area contributed by atoms with Crippen molar-refractivity contribution >= 4 is 15.8 Å². The van der Waals surface area contributed by atoms with Gasteiger partial charge in [0, 0.05) is 6.42 Å². The van der Waals surface area contributed by atoms with Crippen LogP contribution in [0.3, 0.4) is 0 Å². The largest absolute Gasteiger partial charge is 0.481 e. The third kappa shape index (κ3) is 20.5. The van der Waals surface area contributed by atoms with E-state index < -0.39 is 15.8 Å². The standard InChI is InChI=1S/C29H54O4S/c30-29(31)23-21-19-17-15-13-11-9-7-5-3-1-2-4-6-8-10-12-14-16-18-20-22-28-24-26-34(32,33)27-25-28/h6,8,28H,1-5,7,9-27H2,(H,30,31)/b8-6+. The minimum atomic E-state index is -2.70. The van der Waals surface area contributed by atoms with Crippen molar-refractivity contribution in [3.05, 3.63) is 12.2 Å². The van der Waals surface area contributed by atoms with Gasteiger partial charge in [-0.2, -0.15) is 0 Å². The van der Waals surface area contributed by atoms with Crippen LogP contribution in [0.1, 0.15) is 148 Å². The molecule has 0 radical (unpaired) electrons. The van der Waals surface area contributed by atoms with Crippen LogP contribution in [0.25, 0.3) is 0 Å². The first kappa shape index (κ1) is 31.2. The maximum absolute atomic E-state index is 11.5. The molecule has 0 aromatic rings. The molecule has 1 rings (SSSR count). The van der Waals surface area contributed by atoms with Crippen LogP contribution in [0.2, 0.25) is 0 Å². The number of rotatable bonds is 23. The van der Waals surface area contributed by atoms with Crippen LogP contribution < -0.4 is 0 Å². The van der Waals surface area contributed by atoms with Gasteiger partial charge in [-0.3, -0.25) is 4.79 Å². The third-order valence-corrected chi connectivity index (χ3v) is 9.05. The second-order valence-corrected chi connectivity index (χ2v) is 12.9. The van der Waals surface area contributed by atoms with Gasteiger partial charge < -0.3 is 5.11 Å². The average Bonchev–Trinajstić information content (AvgIpc) is 2.80. The van der Waals surface area contributed by atoms with Gasteiger partial charge in [0.1, 0.15) is 9.84 Å². The van der Waals surface area contributed by atoms with Crippen molar-refractivity contribution in [2.45, 2.75) is 148 Å². The molecule has 0 amide bonds. The van der Waals surface area contributed by atoms with E-state index in [1.54, 1.807) is 0 Å². The van der Waals surface area contributed by atoms with Gasteiger partial charge in [0.15, 0.2) is 0 Å². The van der Waals surface area contributed by atoms with Crippen molar-refractivity contribution in [2.24, 2.45) is 5.92 Å². The first-order chi connectivity index (χ1) is 16.5. The summed E-state index contributed by atoms with van der Waals surface area (Å²) in [6.07, 6.45) is 32.3. The lowest BCUT2D eigenvalue weighted by Crippen LogP contribution is -2.23. The Morgan fingerprint density at radius 2 is 1.00 bits per heavy atom. The van der Waals surface area contributed by atoms with Gasteiger partial charge in [-0.1, -0.05) is 108 Å². The van der Waals surface area contributed by atoms with E-state index in [4.69, 9.17) is 5.11 Å². The Morgan fingerprint density at radius 1 is 0.618 bits per heavy atom. The number of hydrogen-bond donors (Lipinski definition) is 1. The predicted molar refractivity (Wildman–Crippen MR) is 145 cm³/mol. The van der Waals surface area contributed by atoms with Crippen LogP contribution in [0.5, 0.6) is 0 Å². The molecule has 0 bridgehead atoms. The average molecular weight is 499 g/mol. The maximum atomic E-state index is 11.5. The first-order valence-corrected chi connectivity index (χ1v) is 16.4. The second-order valence-electron chi connectivity index (χ2n) is 10.6. The molecule has 1 saturated heterocycles. The highest BCUT2D eigenvalue weighted by molar-refractivity contribution is 7.91. The second kappa shape index (κ2) is 21.4. The van der Waals surface area contributed by atoms with Crippen LogP contribution in [0, 0.1) is 5.92 Å². The van der Waals surface area contributed by atoms with Crippen molar-refractivity contribution in [3.63, 3.8) is 0 Å². The van der Waals surface area contributed by atoms with E-state index in [-0.39, 0.29) is 0 Å². The van der Waals surface area contributed by atoms with E-state index in [1.807, 2.05) is 0 Å². The fourth-order valence-corrected chi connectivity index (χ4v) is 6.58. The zero-order valence-electron chi connectivity index (χ0n) is 22.0. The summed E-state index contributed by atoms with van der Waals surface area (Å²) >= 11 is 0. The Morgan fingerprint density at radius 3 is 1.44 bits per heavy atom. The molecule has 0 aliphatic carbocycles. The molecule has 0 saturated carbocycles. The van der Waals surface area contributed by atoms with Gasteiger partial charge in [0.2, 0.25) is 0 Å². The molecule has 200 valence electrons. The lowest BCUT2D eigenvalue weighted by atomic mass is 9.95. The number of unbranched alkanes of at least 4 members (excludes halogenated alkanes) is 17. The van der Waals surface area contributed by atoms with Crippen molar-refractivity contribution in [2.75, 3.05) is 11.5 Å². The summed E-state index contributed by atoms with van der Waals surface area (Å²) in [6, 6.07) is 0.